The van der Waals surface area contributed by atoms with Gasteiger partial charge in [0.15, 0.2) is 5.82 Å². The van der Waals surface area contributed by atoms with Gasteiger partial charge in [0.2, 0.25) is 0 Å². The third-order valence-corrected chi connectivity index (χ3v) is 2.62. The topological polar surface area (TPSA) is 66.0 Å². The molecule has 3 rings (SSSR count). The summed E-state index contributed by atoms with van der Waals surface area (Å²) in [5, 5.41) is 3.90. The molecule has 2 aromatic heterocycles. The van der Waals surface area contributed by atoms with Crippen molar-refractivity contribution in [1.82, 2.24) is 19.7 Å². The fourth-order valence-electron chi connectivity index (χ4n) is 1.83. The quantitative estimate of drug-likeness (QED) is 0.697. The van der Waals surface area contributed by atoms with Crippen molar-refractivity contribution in [2.24, 2.45) is 0 Å². The average Bonchev–Trinajstić information content (AvgIpc) is 2.99. The molecule has 18 heavy (non-hydrogen) atoms. The molecule has 0 saturated carbocycles. The van der Waals surface area contributed by atoms with E-state index >= 15 is 0 Å². The third-order valence-electron chi connectivity index (χ3n) is 2.62. The minimum absolute atomic E-state index is 0.331. The molecule has 6 nitrogen and oxygen atoms in total. The van der Waals surface area contributed by atoms with Crippen LogP contribution in [0.25, 0.3) is 11.0 Å². The van der Waals surface area contributed by atoms with Gasteiger partial charge in [-0.15, -0.1) is 0 Å². The van der Waals surface area contributed by atoms with Crippen LogP contribution in [0.1, 0.15) is 11.7 Å². The number of nitrogens with zero attached hydrogens (tertiary/aromatic N) is 4. The van der Waals surface area contributed by atoms with Gasteiger partial charge in [-0.25, -0.2) is 4.98 Å². The zero-order valence-corrected chi connectivity index (χ0v) is 9.91. The van der Waals surface area contributed by atoms with E-state index in [1.54, 1.807) is 13.4 Å². The van der Waals surface area contributed by atoms with Crippen molar-refractivity contribution in [3.63, 3.8) is 0 Å². The lowest BCUT2D eigenvalue weighted by atomic mass is 10.3. The number of benzene rings is 1. The third kappa shape index (κ3) is 1.98. The molecule has 0 aliphatic carbocycles. The van der Waals surface area contributed by atoms with Gasteiger partial charge in [-0.2, -0.15) is 4.98 Å². The Balaban J connectivity index is 1.87. The zero-order chi connectivity index (χ0) is 12.4. The summed E-state index contributed by atoms with van der Waals surface area (Å²) in [5.74, 6) is 1.10. The van der Waals surface area contributed by atoms with Crippen molar-refractivity contribution in [3.8, 4) is 0 Å². The van der Waals surface area contributed by atoms with Crippen LogP contribution >= 0.6 is 0 Å². The fourth-order valence-corrected chi connectivity index (χ4v) is 1.83. The Bertz CT molecular complexity index is 659. The Kier molecular flexibility index (Phi) is 2.77. The lowest BCUT2D eigenvalue weighted by Crippen LogP contribution is -2.00. The summed E-state index contributed by atoms with van der Waals surface area (Å²) in [6, 6.07) is 7.93. The molecule has 1 aromatic carbocycles. The van der Waals surface area contributed by atoms with Gasteiger partial charge in [0.1, 0.15) is 6.61 Å². The van der Waals surface area contributed by atoms with Crippen molar-refractivity contribution >= 4 is 11.0 Å². The van der Waals surface area contributed by atoms with Crippen LogP contribution in [0.5, 0.6) is 0 Å². The number of imidazole rings is 1. The molecular formula is C12H12N4O2. The Morgan fingerprint density at radius 1 is 1.33 bits per heavy atom. The van der Waals surface area contributed by atoms with Gasteiger partial charge in [0.05, 0.1) is 23.9 Å². The highest BCUT2D eigenvalue weighted by Gasteiger charge is 2.08. The number of hydrogen-bond donors (Lipinski definition) is 0. The normalized spacial score (nSPS) is 11.2. The van der Waals surface area contributed by atoms with E-state index in [9.17, 15) is 0 Å². The number of aromatic nitrogens is 4. The van der Waals surface area contributed by atoms with Crippen LogP contribution in [0.2, 0.25) is 0 Å². The lowest BCUT2D eigenvalue weighted by Gasteiger charge is -1.98. The Labute approximate surface area is 103 Å². The second-order valence-electron chi connectivity index (χ2n) is 3.90. The van der Waals surface area contributed by atoms with E-state index in [4.69, 9.17) is 9.26 Å². The summed E-state index contributed by atoms with van der Waals surface area (Å²) in [6.07, 6.45) is 1.77. The molecule has 0 atom stereocenters. The first kappa shape index (κ1) is 10.9. The molecule has 0 amide bonds. The summed E-state index contributed by atoms with van der Waals surface area (Å²) in [7, 11) is 1.59. The van der Waals surface area contributed by atoms with Crippen LogP contribution in [-0.2, 0) is 17.9 Å². The SMILES string of the molecule is COCc1nc(Cn2cnc3ccccc32)no1. The van der Waals surface area contributed by atoms with Gasteiger partial charge < -0.3 is 13.8 Å². The summed E-state index contributed by atoms with van der Waals surface area (Å²) >= 11 is 0. The highest BCUT2D eigenvalue weighted by atomic mass is 16.5. The molecule has 92 valence electrons. The lowest BCUT2D eigenvalue weighted by molar-refractivity contribution is 0.151. The summed E-state index contributed by atoms with van der Waals surface area (Å²) in [6.45, 7) is 0.866. The van der Waals surface area contributed by atoms with Crippen molar-refractivity contribution in [1.29, 1.82) is 0 Å². The zero-order valence-electron chi connectivity index (χ0n) is 9.91. The second-order valence-corrected chi connectivity index (χ2v) is 3.90. The standard InChI is InChI=1S/C12H12N4O2/c1-17-7-12-14-11(15-18-12)6-16-8-13-9-4-2-3-5-10(9)16/h2-5,8H,6-7H2,1H3. The predicted octanol–water partition coefficient (Wildman–Crippen LogP) is 1.61. The molecule has 2 heterocycles. The Morgan fingerprint density at radius 3 is 3.11 bits per heavy atom. The van der Waals surface area contributed by atoms with Crippen molar-refractivity contribution in [3.05, 3.63) is 42.3 Å². The molecule has 3 aromatic rings. The maximum absolute atomic E-state index is 5.05. The van der Waals surface area contributed by atoms with Crippen molar-refractivity contribution in [2.45, 2.75) is 13.2 Å². The van der Waals surface area contributed by atoms with E-state index in [0.717, 1.165) is 11.0 Å². The smallest absolute Gasteiger partial charge is 0.252 e. The van der Waals surface area contributed by atoms with E-state index in [1.165, 1.54) is 0 Å². The molecule has 6 heteroatoms. The molecule has 0 N–H and O–H groups in total. The monoisotopic (exact) mass is 244 g/mol. The van der Waals surface area contributed by atoms with Crippen LogP contribution in [0.15, 0.2) is 35.1 Å². The second kappa shape index (κ2) is 4.58. The molecule has 0 bridgehead atoms. The van der Waals surface area contributed by atoms with E-state index in [-0.39, 0.29) is 0 Å². The number of para-hydroxylation sites is 2. The molecule has 0 unspecified atom stereocenters. The van der Waals surface area contributed by atoms with Crippen molar-refractivity contribution in [2.75, 3.05) is 7.11 Å². The maximum atomic E-state index is 5.05. The number of fused-ring (bicyclic) bond motifs is 1. The largest absolute Gasteiger partial charge is 0.375 e. The van der Waals surface area contributed by atoms with Gasteiger partial charge in [0.25, 0.3) is 5.89 Å². The van der Waals surface area contributed by atoms with E-state index in [1.807, 2.05) is 28.8 Å². The van der Waals surface area contributed by atoms with Crippen LogP contribution in [0.4, 0.5) is 0 Å². The molecule has 0 spiro atoms. The Hall–Kier alpha value is -2.21. The van der Waals surface area contributed by atoms with Gasteiger partial charge in [-0.05, 0) is 12.1 Å². The van der Waals surface area contributed by atoms with Gasteiger partial charge >= 0.3 is 0 Å². The number of hydrogen-bond acceptors (Lipinski definition) is 5. The first-order valence-corrected chi connectivity index (χ1v) is 5.57. The molecule has 0 aliphatic heterocycles. The maximum Gasteiger partial charge on any atom is 0.252 e. The minimum atomic E-state index is 0.331. The van der Waals surface area contributed by atoms with Crippen molar-refractivity contribution < 1.29 is 9.26 Å². The Morgan fingerprint density at radius 2 is 2.22 bits per heavy atom. The number of methoxy groups -OCH3 is 1. The van der Waals surface area contributed by atoms with Gasteiger partial charge in [-0.3, -0.25) is 0 Å². The summed E-state index contributed by atoms with van der Waals surface area (Å²) in [5.41, 5.74) is 2.01. The molecule has 0 saturated heterocycles. The van der Waals surface area contributed by atoms with Crippen LogP contribution in [-0.4, -0.2) is 26.8 Å². The van der Waals surface area contributed by atoms with Crippen LogP contribution in [0, 0.1) is 0 Å². The summed E-state index contributed by atoms with van der Waals surface area (Å²) in [4.78, 5) is 8.54. The predicted molar refractivity (Wildman–Crippen MR) is 63.8 cm³/mol. The van der Waals surface area contributed by atoms with Gasteiger partial charge in [-0.1, -0.05) is 17.3 Å². The number of rotatable bonds is 4. The number of ether oxygens (including phenoxy) is 1. The first-order valence-electron chi connectivity index (χ1n) is 5.57. The highest BCUT2D eigenvalue weighted by molar-refractivity contribution is 5.74. The molecule has 0 fully saturated rings. The summed E-state index contributed by atoms with van der Waals surface area (Å²) < 4.78 is 12.0. The average molecular weight is 244 g/mol. The van der Waals surface area contributed by atoms with E-state index in [2.05, 4.69) is 15.1 Å². The van der Waals surface area contributed by atoms with E-state index < -0.39 is 0 Å². The van der Waals surface area contributed by atoms with Crippen LogP contribution in [0.3, 0.4) is 0 Å². The fraction of sp³-hybridized carbons (Fsp3) is 0.250. The minimum Gasteiger partial charge on any atom is -0.375 e. The van der Waals surface area contributed by atoms with Crippen LogP contribution < -0.4 is 0 Å². The van der Waals surface area contributed by atoms with E-state index in [0.29, 0.717) is 24.9 Å². The molecular weight excluding hydrogens is 232 g/mol. The molecule has 0 radical (unpaired) electrons. The first-order chi connectivity index (χ1) is 8.86. The molecule has 0 aliphatic rings. The highest BCUT2D eigenvalue weighted by Crippen LogP contribution is 2.13. The van der Waals surface area contributed by atoms with Gasteiger partial charge in [0, 0.05) is 7.11 Å².